The highest BCUT2D eigenvalue weighted by molar-refractivity contribution is 9.10. The molecule has 0 aliphatic carbocycles. The zero-order valence-corrected chi connectivity index (χ0v) is 19.9. The van der Waals surface area contributed by atoms with Crippen LogP contribution in [-0.4, -0.2) is 10.8 Å². The van der Waals surface area contributed by atoms with Crippen molar-refractivity contribution in [2.45, 2.75) is 26.3 Å². The number of hydrogen-bond acceptors (Lipinski definition) is 5. The monoisotopic (exact) mass is 515 g/mol. The van der Waals surface area contributed by atoms with Crippen LogP contribution >= 0.6 is 38.9 Å². The van der Waals surface area contributed by atoms with Crippen molar-refractivity contribution in [3.63, 3.8) is 0 Å². The maximum absolute atomic E-state index is 12.7. The Morgan fingerprint density at radius 2 is 2.00 bits per heavy atom. The lowest BCUT2D eigenvalue weighted by molar-refractivity contribution is 0.560. The van der Waals surface area contributed by atoms with Gasteiger partial charge < -0.3 is 8.98 Å². The highest BCUT2D eigenvalue weighted by Crippen LogP contribution is 2.24. The number of unbranched alkanes of at least 4 members (excludes halogenated alkanes) is 1. The summed E-state index contributed by atoms with van der Waals surface area (Å²) < 4.78 is 8.52. The SMILES string of the molecule is CCCCn1c(-c2cc3cc(Br)ccc3oc2=O)cs/c1=N/N=C/c1ccc(Cl)cc1. The summed E-state index contributed by atoms with van der Waals surface area (Å²) >= 11 is 10.8. The van der Waals surface area contributed by atoms with E-state index in [0.717, 1.165) is 45.3 Å². The molecule has 2 aromatic heterocycles. The van der Waals surface area contributed by atoms with Crippen LogP contribution in [0.1, 0.15) is 25.3 Å². The summed E-state index contributed by atoms with van der Waals surface area (Å²) in [5, 5.41) is 12.1. The predicted octanol–water partition coefficient (Wildman–Crippen LogP) is 6.47. The Kier molecular flexibility index (Phi) is 6.85. The van der Waals surface area contributed by atoms with E-state index in [0.29, 0.717) is 16.2 Å². The maximum atomic E-state index is 12.7. The van der Waals surface area contributed by atoms with Gasteiger partial charge in [0.1, 0.15) is 5.58 Å². The summed E-state index contributed by atoms with van der Waals surface area (Å²) in [6.45, 7) is 2.87. The molecule has 0 N–H and O–H groups in total. The fourth-order valence-corrected chi connectivity index (χ4v) is 4.51. The molecule has 0 bridgehead atoms. The molecule has 0 amide bonds. The fourth-order valence-electron chi connectivity index (χ4n) is 3.12. The van der Waals surface area contributed by atoms with Crippen LogP contribution in [0.3, 0.4) is 0 Å². The standard InChI is InChI=1S/C23H19BrClN3O2S/c1-2-3-10-28-20(19-12-16-11-17(24)6-9-21(16)30-22(19)29)14-31-23(28)27-26-13-15-4-7-18(25)8-5-15/h4-9,11-14H,2-3,10H2,1H3/b26-13+,27-23+. The lowest BCUT2D eigenvalue weighted by Gasteiger charge is -2.08. The molecular weight excluding hydrogens is 498 g/mol. The highest BCUT2D eigenvalue weighted by Gasteiger charge is 2.14. The second-order valence-electron chi connectivity index (χ2n) is 6.93. The van der Waals surface area contributed by atoms with Gasteiger partial charge in [-0.3, -0.25) is 0 Å². The normalized spacial score (nSPS) is 12.3. The molecule has 0 unspecified atom stereocenters. The van der Waals surface area contributed by atoms with Crippen molar-refractivity contribution in [2.24, 2.45) is 10.2 Å². The number of thiazole rings is 1. The second-order valence-corrected chi connectivity index (χ2v) is 9.12. The molecule has 4 aromatic rings. The molecule has 2 heterocycles. The van der Waals surface area contributed by atoms with Gasteiger partial charge in [-0.1, -0.05) is 53.0 Å². The lowest BCUT2D eigenvalue weighted by Crippen LogP contribution is -2.17. The number of rotatable bonds is 6. The Hall–Kier alpha value is -2.48. The quantitative estimate of drug-likeness (QED) is 0.167. The molecule has 5 nitrogen and oxygen atoms in total. The predicted molar refractivity (Wildman–Crippen MR) is 131 cm³/mol. The van der Waals surface area contributed by atoms with E-state index in [4.69, 9.17) is 16.0 Å². The Labute approximate surface area is 196 Å². The molecule has 0 saturated heterocycles. The fraction of sp³-hybridized carbons (Fsp3) is 0.174. The van der Waals surface area contributed by atoms with Crippen molar-refractivity contribution >= 4 is 56.1 Å². The molecule has 0 radical (unpaired) electrons. The van der Waals surface area contributed by atoms with Gasteiger partial charge in [0, 0.05) is 26.8 Å². The van der Waals surface area contributed by atoms with E-state index in [1.165, 1.54) is 11.3 Å². The third-order valence-electron chi connectivity index (χ3n) is 4.72. The largest absolute Gasteiger partial charge is 0.422 e. The third-order valence-corrected chi connectivity index (χ3v) is 6.32. The average Bonchev–Trinajstić information content (AvgIpc) is 3.15. The molecule has 0 spiro atoms. The molecule has 4 rings (SSSR count). The van der Waals surface area contributed by atoms with Crippen LogP contribution in [0, 0.1) is 0 Å². The molecule has 0 atom stereocenters. The van der Waals surface area contributed by atoms with E-state index in [-0.39, 0.29) is 5.63 Å². The Bertz CT molecular complexity index is 1370. The summed E-state index contributed by atoms with van der Waals surface area (Å²) in [5.41, 5.74) is 2.40. The first-order chi connectivity index (χ1) is 15.0. The van der Waals surface area contributed by atoms with E-state index in [1.807, 2.05) is 52.4 Å². The van der Waals surface area contributed by atoms with E-state index >= 15 is 0 Å². The van der Waals surface area contributed by atoms with Gasteiger partial charge in [0.2, 0.25) is 4.80 Å². The van der Waals surface area contributed by atoms with Gasteiger partial charge in [-0.15, -0.1) is 16.4 Å². The molecule has 0 saturated carbocycles. The molecule has 0 fully saturated rings. The summed E-state index contributed by atoms with van der Waals surface area (Å²) in [6.07, 6.45) is 3.67. The number of benzene rings is 2. The number of nitrogens with zero attached hydrogens (tertiary/aromatic N) is 3. The van der Waals surface area contributed by atoms with Gasteiger partial charge in [0.05, 0.1) is 17.5 Å². The van der Waals surface area contributed by atoms with E-state index in [2.05, 4.69) is 33.1 Å². The van der Waals surface area contributed by atoms with Crippen LogP contribution in [0.5, 0.6) is 0 Å². The first kappa shape index (κ1) is 21.7. The Morgan fingerprint density at radius 3 is 2.77 bits per heavy atom. The van der Waals surface area contributed by atoms with Crippen LogP contribution in [0.2, 0.25) is 5.02 Å². The van der Waals surface area contributed by atoms with Gasteiger partial charge in [-0.05, 0) is 48.4 Å². The Morgan fingerprint density at radius 1 is 1.19 bits per heavy atom. The number of hydrogen-bond donors (Lipinski definition) is 0. The van der Waals surface area contributed by atoms with E-state index < -0.39 is 0 Å². The Balaban J connectivity index is 1.77. The van der Waals surface area contributed by atoms with Crippen molar-refractivity contribution in [1.29, 1.82) is 0 Å². The van der Waals surface area contributed by atoms with E-state index in [9.17, 15) is 4.79 Å². The number of aromatic nitrogens is 1. The molecule has 0 aliphatic heterocycles. The topological polar surface area (TPSA) is 59.9 Å². The third kappa shape index (κ3) is 5.06. The van der Waals surface area contributed by atoms with Crippen LogP contribution in [-0.2, 0) is 6.54 Å². The first-order valence-corrected chi connectivity index (χ1v) is 11.8. The van der Waals surface area contributed by atoms with Crippen LogP contribution < -0.4 is 10.4 Å². The van der Waals surface area contributed by atoms with Crippen molar-refractivity contribution in [2.75, 3.05) is 0 Å². The molecule has 31 heavy (non-hydrogen) atoms. The van der Waals surface area contributed by atoms with Crippen LogP contribution in [0.4, 0.5) is 0 Å². The number of halogens is 2. The van der Waals surface area contributed by atoms with Gasteiger partial charge in [0.15, 0.2) is 0 Å². The van der Waals surface area contributed by atoms with Crippen LogP contribution in [0.15, 0.2) is 77.8 Å². The van der Waals surface area contributed by atoms with Crippen molar-refractivity contribution < 1.29 is 4.42 Å². The minimum atomic E-state index is -0.367. The molecule has 158 valence electrons. The van der Waals surface area contributed by atoms with Gasteiger partial charge in [0.25, 0.3) is 0 Å². The van der Waals surface area contributed by atoms with Crippen molar-refractivity contribution in [3.05, 3.63) is 84.2 Å². The average molecular weight is 517 g/mol. The molecular formula is C23H19BrClN3O2S. The molecule has 2 aromatic carbocycles. The minimum Gasteiger partial charge on any atom is -0.422 e. The van der Waals surface area contributed by atoms with Gasteiger partial charge in [-0.2, -0.15) is 5.10 Å². The second kappa shape index (κ2) is 9.77. The summed E-state index contributed by atoms with van der Waals surface area (Å²) in [5.74, 6) is 0. The molecule has 8 heteroatoms. The summed E-state index contributed by atoms with van der Waals surface area (Å²) in [7, 11) is 0. The van der Waals surface area contributed by atoms with Gasteiger partial charge >= 0.3 is 5.63 Å². The van der Waals surface area contributed by atoms with Gasteiger partial charge in [-0.25, -0.2) is 4.79 Å². The summed E-state index contributed by atoms with van der Waals surface area (Å²) in [6, 6.07) is 14.8. The lowest BCUT2D eigenvalue weighted by atomic mass is 10.1. The number of fused-ring (bicyclic) bond motifs is 1. The maximum Gasteiger partial charge on any atom is 0.345 e. The first-order valence-electron chi connectivity index (χ1n) is 9.80. The zero-order valence-electron chi connectivity index (χ0n) is 16.7. The summed E-state index contributed by atoms with van der Waals surface area (Å²) in [4.78, 5) is 13.4. The van der Waals surface area contributed by atoms with E-state index in [1.54, 1.807) is 12.3 Å². The highest BCUT2D eigenvalue weighted by atomic mass is 79.9. The van der Waals surface area contributed by atoms with Crippen molar-refractivity contribution in [3.8, 4) is 11.3 Å². The zero-order chi connectivity index (χ0) is 21.8. The van der Waals surface area contributed by atoms with Crippen molar-refractivity contribution in [1.82, 2.24) is 4.57 Å². The minimum absolute atomic E-state index is 0.367. The molecule has 0 aliphatic rings. The van der Waals surface area contributed by atoms with Crippen LogP contribution in [0.25, 0.3) is 22.2 Å². The smallest absolute Gasteiger partial charge is 0.345 e.